The predicted molar refractivity (Wildman–Crippen MR) is 79.3 cm³/mol. The molecule has 1 aliphatic heterocycles. The Morgan fingerprint density at radius 2 is 2.10 bits per heavy atom. The molecule has 0 saturated carbocycles. The van der Waals surface area contributed by atoms with Gasteiger partial charge < -0.3 is 5.32 Å². The van der Waals surface area contributed by atoms with Crippen molar-refractivity contribution < 1.29 is 13.3 Å². The summed E-state index contributed by atoms with van der Waals surface area (Å²) in [5.74, 6) is 0. The molecule has 1 aromatic carbocycles. The fourth-order valence-electron chi connectivity index (χ4n) is 2.18. The molecule has 1 atom stereocenters. The van der Waals surface area contributed by atoms with E-state index in [0.29, 0.717) is 19.5 Å². The summed E-state index contributed by atoms with van der Waals surface area (Å²) in [4.78, 5) is 9.78. The van der Waals surface area contributed by atoms with E-state index >= 15 is 0 Å². The number of hydrogen-bond acceptors (Lipinski definition) is 5. The van der Waals surface area contributed by atoms with Gasteiger partial charge in [-0.25, -0.2) is 13.1 Å². The molecular formula is C11H13Cl2N3O4S. The first-order valence-corrected chi connectivity index (χ1v) is 8.27. The second-order valence-corrected chi connectivity index (χ2v) is 7.49. The molecule has 0 spiro atoms. The Morgan fingerprint density at radius 3 is 2.62 bits per heavy atom. The van der Waals surface area contributed by atoms with Crippen LogP contribution in [0.25, 0.3) is 0 Å². The minimum Gasteiger partial charge on any atom is -0.315 e. The summed E-state index contributed by atoms with van der Waals surface area (Å²) in [6, 6.07) is 2.31. The van der Waals surface area contributed by atoms with Crippen LogP contribution >= 0.6 is 23.2 Å². The highest BCUT2D eigenvalue weighted by molar-refractivity contribution is 7.89. The molecule has 1 aromatic rings. The molecule has 0 aromatic heterocycles. The van der Waals surface area contributed by atoms with Crippen molar-refractivity contribution >= 4 is 38.9 Å². The van der Waals surface area contributed by atoms with Crippen molar-refractivity contribution in [3.8, 4) is 0 Å². The summed E-state index contributed by atoms with van der Waals surface area (Å²) < 4.78 is 27.4. The molecule has 116 valence electrons. The Balaban J connectivity index is 2.46. The minimum absolute atomic E-state index is 0.210. The van der Waals surface area contributed by atoms with Gasteiger partial charge >= 0.3 is 5.69 Å². The van der Waals surface area contributed by atoms with Crippen LogP contribution in [0, 0.1) is 10.1 Å². The number of nitrogens with zero attached hydrogens (tertiary/aromatic N) is 1. The Bertz CT molecular complexity index is 687. The zero-order chi connectivity index (χ0) is 15.8. The molecule has 0 aliphatic carbocycles. The molecule has 2 N–H and O–H groups in total. The van der Waals surface area contributed by atoms with E-state index in [1.54, 1.807) is 6.92 Å². The smallest absolute Gasteiger partial charge is 0.307 e. The van der Waals surface area contributed by atoms with Crippen LogP contribution in [-0.2, 0) is 10.0 Å². The third-order valence-corrected chi connectivity index (χ3v) is 5.73. The molecule has 2 rings (SSSR count). The molecule has 7 nitrogen and oxygen atoms in total. The summed E-state index contributed by atoms with van der Waals surface area (Å²) in [6.45, 7) is 2.91. The summed E-state index contributed by atoms with van der Waals surface area (Å²) in [5, 5.41) is 13.3. The lowest BCUT2D eigenvalue weighted by atomic mass is 10.0. The second kappa shape index (κ2) is 5.69. The highest BCUT2D eigenvalue weighted by Gasteiger charge is 2.36. The van der Waals surface area contributed by atoms with E-state index in [9.17, 15) is 18.5 Å². The molecular weight excluding hydrogens is 341 g/mol. The first-order valence-electron chi connectivity index (χ1n) is 6.03. The van der Waals surface area contributed by atoms with Crippen LogP contribution in [0.3, 0.4) is 0 Å². The number of rotatable bonds is 4. The Kier molecular flexibility index (Phi) is 4.46. The average molecular weight is 354 g/mol. The Hall–Kier alpha value is -0.930. The third kappa shape index (κ3) is 3.29. The van der Waals surface area contributed by atoms with Crippen molar-refractivity contribution in [2.24, 2.45) is 0 Å². The molecule has 0 radical (unpaired) electrons. The third-order valence-electron chi connectivity index (χ3n) is 3.25. The molecule has 1 unspecified atom stereocenters. The van der Waals surface area contributed by atoms with Crippen LogP contribution < -0.4 is 10.0 Å². The summed E-state index contributed by atoms with van der Waals surface area (Å²) in [6.07, 6.45) is 0.611. The van der Waals surface area contributed by atoms with Crippen LogP contribution in [0.15, 0.2) is 17.0 Å². The van der Waals surface area contributed by atoms with E-state index in [1.165, 1.54) is 0 Å². The monoisotopic (exact) mass is 353 g/mol. The first kappa shape index (κ1) is 16.4. The standard InChI is InChI=1S/C11H13Cl2N3O4S/c1-11(4-5-14-6-11)15-21(19,20)8-3-2-7(12)10(9(8)13)16(17)18/h2-3,14-15H,4-6H2,1H3. The number of benzene rings is 1. The van der Waals surface area contributed by atoms with Gasteiger partial charge in [-0.15, -0.1) is 0 Å². The zero-order valence-corrected chi connectivity index (χ0v) is 13.3. The van der Waals surface area contributed by atoms with Gasteiger partial charge in [0, 0.05) is 12.1 Å². The maximum absolute atomic E-state index is 12.4. The highest BCUT2D eigenvalue weighted by Crippen LogP contribution is 2.37. The van der Waals surface area contributed by atoms with Crippen LogP contribution in [0.5, 0.6) is 0 Å². The van der Waals surface area contributed by atoms with Crippen LogP contribution in [0.2, 0.25) is 10.0 Å². The van der Waals surface area contributed by atoms with Gasteiger partial charge in [0.1, 0.15) is 14.9 Å². The van der Waals surface area contributed by atoms with E-state index in [-0.39, 0.29) is 9.92 Å². The lowest BCUT2D eigenvalue weighted by Crippen LogP contribution is -2.47. The van der Waals surface area contributed by atoms with Gasteiger partial charge in [0.25, 0.3) is 0 Å². The Morgan fingerprint density at radius 1 is 1.43 bits per heavy atom. The van der Waals surface area contributed by atoms with Crippen molar-refractivity contribution in [2.45, 2.75) is 23.8 Å². The quantitative estimate of drug-likeness (QED) is 0.636. The SMILES string of the molecule is CC1(NS(=O)(=O)c2ccc(Cl)c([N+](=O)[O-])c2Cl)CCNC1. The molecule has 1 saturated heterocycles. The molecule has 0 bridgehead atoms. The van der Waals surface area contributed by atoms with Crippen LogP contribution in [-0.4, -0.2) is 32.0 Å². The van der Waals surface area contributed by atoms with Gasteiger partial charge in [0.05, 0.1) is 4.92 Å². The molecule has 1 fully saturated rings. The lowest BCUT2D eigenvalue weighted by Gasteiger charge is -2.24. The fraction of sp³-hybridized carbons (Fsp3) is 0.455. The maximum Gasteiger partial charge on any atom is 0.307 e. The molecule has 1 heterocycles. The predicted octanol–water partition coefficient (Wildman–Crippen LogP) is 1.93. The van der Waals surface area contributed by atoms with Gasteiger partial charge in [0.15, 0.2) is 0 Å². The normalized spacial score (nSPS) is 22.4. The largest absolute Gasteiger partial charge is 0.315 e. The van der Waals surface area contributed by atoms with E-state index in [1.807, 2.05) is 0 Å². The highest BCUT2D eigenvalue weighted by atomic mass is 35.5. The second-order valence-electron chi connectivity index (χ2n) is 5.06. The molecule has 1 aliphatic rings. The topological polar surface area (TPSA) is 101 Å². The van der Waals surface area contributed by atoms with E-state index in [0.717, 1.165) is 12.1 Å². The van der Waals surface area contributed by atoms with Crippen LogP contribution in [0.4, 0.5) is 5.69 Å². The number of nitro groups is 1. The van der Waals surface area contributed by atoms with Gasteiger partial charge in [-0.2, -0.15) is 0 Å². The minimum atomic E-state index is -3.99. The lowest BCUT2D eigenvalue weighted by molar-refractivity contribution is -0.384. The summed E-state index contributed by atoms with van der Waals surface area (Å²) >= 11 is 11.6. The number of nitrogens with one attached hydrogen (secondary N) is 2. The molecule has 21 heavy (non-hydrogen) atoms. The number of sulfonamides is 1. The van der Waals surface area contributed by atoms with Gasteiger partial charge in [-0.3, -0.25) is 10.1 Å². The molecule has 0 amide bonds. The summed E-state index contributed by atoms with van der Waals surface area (Å²) in [7, 11) is -3.99. The average Bonchev–Trinajstić information content (AvgIpc) is 2.73. The van der Waals surface area contributed by atoms with Gasteiger partial charge in [0.2, 0.25) is 10.0 Å². The maximum atomic E-state index is 12.4. The van der Waals surface area contributed by atoms with E-state index in [2.05, 4.69) is 10.0 Å². The van der Waals surface area contributed by atoms with Crippen molar-refractivity contribution in [3.05, 3.63) is 32.3 Å². The summed E-state index contributed by atoms with van der Waals surface area (Å²) in [5.41, 5.74) is -1.27. The van der Waals surface area contributed by atoms with Crippen molar-refractivity contribution in [1.29, 1.82) is 0 Å². The van der Waals surface area contributed by atoms with Gasteiger partial charge in [-0.05, 0) is 32.0 Å². The fourth-order valence-corrected chi connectivity index (χ4v) is 4.51. The van der Waals surface area contributed by atoms with E-state index in [4.69, 9.17) is 23.2 Å². The number of nitro benzene ring substituents is 1. The van der Waals surface area contributed by atoms with E-state index < -0.39 is 31.2 Å². The van der Waals surface area contributed by atoms with Crippen molar-refractivity contribution in [1.82, 2.24) is 10.0 Å². The van der Waals surface area contributed by atoms with Gasteiger partial charge in [-0.1, -0.05) is 23.2 Å². The van der Waals surface area contributed by atoms with Crippen molar-refractivity contribution in [2.75, 3.05) is 13.1 Å². The van der Waals surface area contributed by atoms with Crippen LogP contribution in [0.1, 0.15) is 13.3 Å². The number of hydrogen-bond donors (Lipinski definition) is 2. The van der Waals surface area contributed by atoms with Crippen molar-refractivity contribution in [3.63, 3.8) is 0 Å². The first-order chi connectivity index (χ1) is 9.66. The molecule has 10 heteroatoms. The Labute approximate surface area is 131 Å². The zero-order valence-electron chi connectivity index (χ0n) is 11.0. The number of halogens is 2.